The van der Waals surface area contributed by atoms with Gasteiger partial charge in [-0.15, -0.1) is 0 Å². The predicted octanol–water partition coefficient (Wildman–Crippen LogP) is -2.91. The van der Waals surface area contributed by atoms with E-state index < -0.39 is 91.6 Å². The number of carboxylic acids is 3. The Morgan fingerprint density at radius 3 is 1.57 bits per heavy atom. The van der Waals surface area contributed by atoms with Crippen LogP contribution in [0.3, 0.4) is 0 Å². The Morgan fingerprint density at radius 1 is 0.714 bits per heavy atom. The Morgan fingerprint density at radius 2 is 1.14 bits per heavy atom. The highest BCUT2D eigenvalue weighted by molar-refractivity contribution is 5.94. The molecule has 0 aliphatic heterocycles. The average Bonchev–Trinajstić information content (AvgIpc) is 2.77. The number of amides is 3. The fourth-order valence-corrected chi connectivity index (χ4v) is 2.86. The molecule has 0 aromatic heterocycles. The van der Waals surface area contributed by atoms with Crippen molar-refractivity contribution in [2.75, 3.05) is 6.54 Å². The van der Waals surface area contributed by atoms with Gasteiger partial charge in [0.05, 0.1) is 6.10 Å². The normalized spacial score (nSPS) is 15.1. The Hall–Kier alpha value is -3.30. The van der Waals surface area contributed by atoms with Gasteiger partial charge in [-0.1, -0.05) is 0 Å². The van der Waals surface area contributed by atoms with Crippen LogP contribution >= 0.6 is 0 Å². The average molecular weight is 506 g/mol. The maximum absolute atomic E-state index is 12.9. The summed E-state index contributed by atoms with van der Waals surface area (Å²) in [5, 5.41) is 43.3. The molecule has 0 aliphatic rings. The fraction of sp³-hybridized carbons (Fsp3) is 0.700. The summed E-state index contributed by atoms with van der Waals surface area (Å²) in [6.07, 6.45) is -2.17. The number of rotatable bonds is 18. The first-order chi connectivity index (χ1) is 16.3. The number of hydrogen-bond donors (Lipinski definition) is 9. The minimum Gasteiger partial charge on any atom is -0.481 e. The second-order valence-corrected chi connectivity index (χ2v) is 7.94. The first kappa shape index (κ1) is 31.7. The van der Waals surface area contributed by atoms with Gasteiger partial charge >= 0.3 is 17.9 Å². The summed E-state index contributed by atoms with van der Waals surface area (Å²) in [4.78, 5) is 70.9. The molecule has 0 saturated carbocycles. The number of nitrogens with one attached hydrogen (secondary N) is 3. The summed E-state index contributed by atoms with van der Waals surface area (Å²) in [7, 11) is 0. The number of carbonyl (C=O) groups excluding carboxylic acids is 3. The zero-order valence-corrected chi connectivity index (χ0v) is 19.4. The van der Waals surface area contributed by atoms with Crippen LogP contribution in [-0.2, 0) is 28.8 Å². The molecule has 0 bridgehead atoms. The summed E-state index contributed by atoms with van der Waals surface area (Å²) in [5.74, 6) is -6.82. The molecule has 35 heavy (non-hydrogen) atoms. The first-order valence-corrected chi connectivity index (χ1v) is 11.0. The molecule has 0 fully saturated rings. The molecule has 0 aromatic carbocycles. The Balaban J connectivity index is 5.59. The van der Waals surface area contributed by atoms with E-state index in [4.69, 9.17) is 21.7 Å². The van der Waals surface area contributed by atoms with E-state index in [0.29, 0.717) is 19.4 Å². The van der Waals surface area contributed by atoms with Crippen LogP contribution in [0.5, 0.6) is 0 Å². The monoisotopic (exact) mass is 505 g/mol. The van der Waals surface area contributed by atoms with Crippen LogP contribution in [0.4, 0.5) is 0 Å². The SMILES string of the molecule is CC(O)C(N)C(=O)NC(CCCCN)C(=O)NC(CCC(=O)O)C(=O)NC(CCC(=O)O)C(=O)O. The van der Waals surface area contributed by atoms with Gasteiger partial charge in [0.15, 0.2) is 0 Å². The Labute approximate surface area is 201 Å². The molecule has 3 amide bonds. The quantitative estimate of drug-likeness (QED) is 0.0848. The van der Waals surface area contributed by atoms with Gasteiger partial charge in [-0.2, -0.15) is 0 Å². The zero-order valence-electron chi connectivity index (χ0n) is 19.4. The predicted molar refractivity (Wildman–Crippen MR) is 120 cm³/mol. The lowest BCUT2D eigenvalue weighted by Crippen LogP contribution is -2.58. The molecule has 0 spiro atoms. The van der Waals surface area contributed by atoms with Gasteiger partial charge in [-0.25, -0.2) is 4.79 Å². The van der Waals surface area contributed by atoms with Crippen molar-refractivity contribution in [3.05, 3.63) is 0 Å². The number of hydrogen-bond acceptors (Lipinski definition) is 9. The lowest BCUT2D eigenvalue weighted by Gasteiger charge is -2.25. The molecule has 0 aromatic rings. The molecule has 0 aliphatic carbocycles. The molecule has 5 unspecified atom stereocenters. The van der Waals surface area contributed by atoms with Crippen LogP contribution in [0.15, 0.2) is 0 Å². The van der Waals surface area contributed by atoms with Gasteiger partial charge in [0.25, 0.3) is 0 Å². The highest BCUT2D eigenvalue weighted by Crippen LogP contribution is 2.07. The van der Waals surface area contributed by atoms with Crippen molar-refractivity contribution < 1.29 is 49.2 Å². The number of carboxylic acid groups (broad SMARTS) is 3. The number of unbranched alkanes of at least 4 members (excludes halogenated alkanes) is 1. The van der Waals surface area contributed by atoms with Crippen molar-refractivity contribution in [3.8, 4) is 0 Å². The van der Waals surface area contributed by atoms with E-state index in [9.17, 15) is 39.0 Å². The van der Waals surface area contributed by atoms with Crippen molar-refractivity contribution in [2.24, 2.45) is 11.5 Å². The van der Waals surface area contributed by atoms with E-state index >= 15 is 0 Å². The van der Waals surface area contributed by atoms with Crippen LogP contribution in [-0.4, -0.2) is 92.9 Å². The lowest BCUT2D eigenvalue weighted by atomic mass is 10.0. The highest BCUT2D eigenvalue weighted by atomic mass is 16.4. The zero-order chi connectivity index (χ0) is 27.1. The third kappa shape index (κ3) is 13.2. The van der Waals surface area contributed by atoms with Crippen LogP contribution in [0, 0.1) is 0 Å². The molecule has 0 saturated heterocycles. The summed E-state index contributed by atoms with van der Waals surface area (Å²) in [5.41, 5.74) is 11.0. The van der Waals surface area contributed by atoms with Crippen LogP contribution in [0.25, 0.3) is 0 Å². The van der Waals surface area contributed by atoms with Crippen molar-refractivity contribution in [1.82, 2.24) is 16.0 Å². The van der Waals surface area contributed by atoms with Gasteiger partial charge in [0, 0.05) is 12.8 Å². The maximum Gasteiger partial charge on any atom is 0.326 e. The summed E-state index contributed by atoms with van der Waals surface area (Å²) < 4.78 is 0. The molecule has 0 radical (unpaired) electrons. The smallest absolute Gasteiger partial charge is 0.326 e. The second-order valence-electron chi connectivity index (χ2n) is 7.94. The molecule has 15 heteroatoms. The molecule has 0 heterocycles. The van der Waals surface area contributed by atoms with E-state index in [1.165, 1.54) is 6.92 Å². The van der Waals surface area contributed by atoms with Crippen molar-refractivity contribution in [3.63, 3.8) is 0 Å². The van der Waals surface area contributed by atoms with Gasteiger partial charge in [0.2, 0.25) is 17.7 Å². The molecule has 5 atom stereocenters. The van der Waals surface area contributed by atoms with E-state index in [1.807, 2.05) is 0 Å². The van der Waals surface area contributed by atoms with Crippen molar-refractivity contribution in [2.45, 2.75) is 82.1 Å². The van der Waals surface area contributed by atoms with Gasteiger partial charge in [0.1, 0.15) is 24.2 Å². The van der Waals surface area contributed by atoms with E-state index in [2.05, 4.69) is 16.0 Å². The summed E-state index contributed by atoms with van der Waals surface area (Å²) in [6, 6.07) is -5.63. The number of aliphatic hydroxyl groups excluding tert-OH is 1. The minimum absolute atomic E-state index is 0.0882. The summed E-state index contributed by atoms with van der Waals surface area (Å²) >= 11 is 0. The third-order valence-electron chi connectivity index (χ3n) is 4.94. The fourth-order valence-electron chi connectivity index (χ4n) is 2.86. The van der Waals surface area contributed by atoms with Crippen LogP contribution in [0.1, 0.15) is 51.9 Å². The molecule has 0 rings (SSSR count). The van der Waals surface area contributed by atoms with E-state index in [-0.39, 0.29) is 6.42 Å². The van der Waals surface area contributed by atoms with E-state index in [1.54, 1.807) is 0 Å². The minimum atomic E-state index is -1.59. The molecule has 200 valence electrons. The van der Waals surface area contributed by atoms with Crippen LogP contribution < -0.4 is 27.4 Å². The third-order valence-corrected chi connectivity index (χ3v) is 4.94. The number of carbonyl (C=O) groups is 6. The first-order valence-electron chi connectivity index (χ1n) is 11.0. The van der Waals surface area contributed by atoms with Crippen LogP contribution in [0.2, 0.25) is 0 Å². The lowest BCUT2D eigenvalue weighted by molar-refractivity contribution is -0.144. The summed E-state index contributed by atoms with van der Waals surface area (Å²) in [6.45, 7) is 1.59. The topological polar surface area (TPSA) is 271 Å². The maximum atomic E-state index is 12.9. The van der Waals surface area contributed by atoms with Crippen molar-refractivity contribution >= 4 is 35.6 Å². The van der Waals surface area contributed by atoms with Gasteiger partial charge < -0.3 is 47.8 Å². The molecular weight excluding hydrogens is 470 g/mol. The van der Waals surface area contributed by atoms with E-state index in [0.717, 1.165) is 0 Å². The van der Waals surface area contributed by atoms with Crippen molar-refractivity contribution in [1.29, 1.82) is 0 Å². The number of nitrogens with two attached hydrogens (primary N) is 2. The molecular formula is C20H35N5O10. The molecule has 15 nitrogen and oxygen atoms in total. The highest BCUT2D eigenvalue weighted by Gasteiger charge is 2.31. The Bertz CT molecular complexity index is 761. The van der Waals surface area contributed by atoms with Gasteiger partial charge in [-0.05, 0) is 45.6 Å². The van der Waals surface area contributed by atoms with Gasteiger partial charge in [-0.3, -0.25) is 24.0 Å². The largest absolute Gasteiger partial charge is 0.481 e. The number of aliphatic hydroxyl groups is 1. The Kier molecular flexibility index (Phi) is 14.8. The number of aliphatic carboxylic acids is 3. The molecule has 11 N–H and O–H groups in total. The standard InChI is InChI=1S/C20H35N5O10/c1-10(26)16(22)19(33)24-11(4-2-3-9-21)17(31)23-12(5-7-14(27)28)18(32)25-13(20(34)35)6-8-15(29)30/h10-13,16,26H,2-9,21-22H2,1H3,(H,23,31)(H,24,33)(H,25,32)(H,27,28)(H,29,30)(H,34,35). The second kappa shape index (κ2) is 16.3.